The zero-order chi connectivity index (χ0) is 24.5. The van der Waals surface area contributed by atoms with Crippen LogP contribution in [0.5, 0.6) is 11.5 Å². The third kappa shape index (κ3) is 7.94. The van der Waals surface area contributed by atoms with Gasteiger partial charge in [-0.1, -0.05) is 23.9 Å². The van der Waals surface area contributed by atoms with Crippen LogP contribution in [-0.2, 0) is 11.4 Å². The molecule has 1 N–H and O–H groups in total. The van der Waals surface area contributed by atoms with E-state index >= 15 is 0 Å². The van der Waals surface area contributed by atoms with Gasteiger partial charge in [0.2, 0.25) is 0 Å². The fourth-order valence-corrected chi connectivity index (χ4v) is 4.42. The lowest BCUT2D eigenvalue weighted by atomic mass is 10.2. The van der Waals surface area contributed by atoms with Crippen molar-refractivity contribution < 1.29 is 18.7 Å². The van der Waals surface area contributed by atoms with Crippen molar-refractivity contribution in [3.63, 3.8) is 0 Å². The summed E-state index contributed by atoms with van der Waals surface area (Å²) in [7, 11) is 0. The number of halogens is 2. The number of hydrogen-bond donors (Lipinski definition) is 1. The number of ether oxygens (including phenoxy) is 2. The number of thioether (sulfide) groups is 1. The molecular weight excluding hydrogens is 570 g/mol. The predicted octanol–water partition coefficient (Wildman–Crippen LogP) is 5.06. The molecule has 178 valence electrons. The number of benzene rings is 2. The molecule has 0 radical (unpaired) electrons. The Kier molecular flexibility index (Phi) is 9.63. The number of rotatable bonds is 10. The molecule has 0 saturated carbocycles. The number of aryl methyl sites for hydroxylation is 2. The molecule has 0 aliphatic heterocycles. The number of carbonyl (C=O) groups is 1. The predicted molar refractivity (Wildman–Crippen MR) is 139 cm³/mol. The van der Waals surface area contributed by atoms with E-state index in [0.717, 1.165) is 26.1 Å². The molecule has 1 aromatic heterocycles. The molecule has 0 bridgehead atoms. The number of nitrogens with one attached hydrogen (secondary N) is 1. The minimum atomic E-state index is -0.291. The largest absolute Gasteiger partial charge is 0.490 e. The van der Waals surface area contributed by atoms with Crippen LogP contribution in [0.15, 0.2) is 52.7 Å². The number of aromatic nitrogens is 2. The molecule has 7 nitrogen and oxygen atoms in total. The summed E-state index contributed by atoms with van der Waals surface area (Å²) in [5, 5.41) is 4.61. The lowest BCUT2D eigenvalue weighted by Crippen LogP contribution is -2.19. The van der Waals surface area contributed by atoms with Gasteiger partial charge in [0, 0.05) is 11.4 Å². The molecule has 0 spiro atoms. The Morgan fingerprint density at radius 1 is 1.15 bits per heavy atom. The average molecular weight is 594 g/mol. The molecule has 3 aromatic rings. The van der Waals surface area contributed by atoms with Crippen LogP contribution >= 0.6 is 34.4 Å². The summed E-state index contributed by atoms with van der Waals surface area (Å²) in [4.78, 5) is 20.8. The van der Waals surface area contributed by atoms with E-state index in [4.69, 9.17) is 9.47 Å². The van der Waals surface area contributed by atoms with Crippen molar-refractivity contribution in [2.24, 2.45) is 5.10 Å². The SMILES string of the molecule is CCOc1cc(/C=N\NC(=O)CSc2nc(C)cc(C)n2)cc(I)c1OCc1ccc(F)cc1. The first-order valence-corrected chi connectivity index (χ1v) is 12.5. The molecule has 10 heteroatoms. The smallest absolute Gasteiger partial charge is 0.250 e. The Morgan fingerprint density at radius 2 is 1.85 bits per heavy atom. The summed E-state index contributed by atoms with van der Waals surface area (Å²) in [6.45, 7) is 6.40. The van der Waals surface area contributed by atoms with Crippen LogP contribution in [0.4, 0.5) is 4.39 Å². The van der Waals surface area contributed by atoms with Gasteiger partial charge >= 0.3 is 0 Å². The highest BCUT2D eigenvalue weighted by atomic mass is 127. The Labute approximate surface area is 215 Å². The van der Waals surface area contributed by atoms with Crippen LogP contribution in [0.3, 0.4) is 0 Å². The lowest BCUT2D eigenvalue weighted by molar-refractivity contribution is -0.118. The first-order chi connectivity index (χ1) is 16.3. The van der Waals surface area contributed by atoms with Gasteiger partial charge in [-0.25, -0.2) is 19.8 Å². The van der Waals surface area contributed by atoms with Crippen LogP contribution in [0, 0.1) is 23.2 Å². The standard InChI is InChI=1S/C24H24FIN4O3S/c1-4-32-21-11-18(10-20(26)23(21)33-13-17-5-7-19(25)8-6-17)12-27-30-22(31)14-34-24-28-15(2)9-16(3)29-24/h5-12H,4,13-14H2,1-3H3,(H,30,31)/b27-12-. The maximum atomic E-state index is 13.1. The summed E-state index contributed by atoms with van der Waals surface area (Å²) < 4.78 is 25.6. The van der Waals surface area contributed by atoms with Gasteiger partial charge in [0.25, 0.3) is 5.91 Å². The lowest BCUT2D eigenvalue weighted by Gasteiger charge is -2.14. The second kappa shape index (κ2) is 12.7. The van der Waals surface area contributed by atoms with E-state index in [0.29, 0.717) is 23.3 Å². The van der Waals surface area contributed by atoms with Crippen molar-refractivity contribution in [3.8, 4) is 11.5 Å². The summed E-state index contributed by atoms with van der Waals surface area (Å²) in [6, 6.07) is 11.7. The number of nitrogens with zero attached hydrogens (tertiary/aromatic N) is 3. The molecule has 0 fully saturated rings. The first-order valence-electron chi connectivity index (χ1n) is 10.4. The highest BCUT2D eigenvalue weighted by Crippen LogP contribution is 2.34. The van der Waals surface area contributed by atoms with E-state index in [9.17, 15) is 9.18 Å². The molecule has 0 aliphatic rings. The van der Waals surface area contributed by atoms with E-state index < -0.39 is 0 Å². The Morgan fingerprint density at radius 3 is 2.53 bits per heavy atom. The minimum Gasteiger partial charge on any atom is -0.490 e. The number of hydrazone groups is 1. The highest BCUT2D eigenvalue weighted by molar-refractivity contribution is 14.1. The van der Waals surface area contributed by atoms with Crippen molar-refractivity contribution in [1.29, 1.82) is 0 Å². The first kappa shape index (κ1) is 25.9. The second-order valence-corrected chi connectivity index (χ2v) is 9.30. The summed E-state index contributed by atoms with van der Waals surface area (Å²) in [5.74, 6) is 0.756. The van der Waals surface area contributed by atoms with E-state index in [1.54, 1.807) is 24.4 Å². The summed E-state index contributed by atoms with van der Waals surface area (Å²) in [5.41, 5.74) is 5.82. The van der Waals surface area contributed by atoms with Gasteiger partial charge in [-0.15, -0.1) is 0 Å². The maximum Gasteiger partial charge on any atom is 0.250 e. The van der Waals surface area contributed by atoms with Crippen LogP contribution in [0.1, 0.15) is 29.4 Å². The molecule has 0 saturated heterocycles. The van der Waals surface area contributed by atoms with Gasteiger partial charge in [0.1, 0.15) is 12.4 Å². The third-order valence-corrected chi connectivity index (χ3v) is 5.97. The zero-order valence-electron chi connectivity index (χ0n) is 19.0. The van der Waals surface area contributed by atoms with Gasteiger partial charge in [0.05, 0.1) is 22.1 Å². The van der Waals surface area contributed by atoms with E-state index in [2.05, 4.69) is 43.1 Å². The monoisotopic (exact) mass is 594 g/mol. The van der Waals surface area contributed by atoms with Crippen LogP contribution in [0.2, 0.25) is 0 Å². The molecule has 0 aliphatic carbocycles. The molecule has 2 aromatic carbocycles. The second-order valence-electron chi connectivity index (χ2n) is 7.19. The van der Waals surface area contributed by atoms with E-state index in [-0.39, 0.29) is 24.1 Å². The number of amides is 1. The normalized spacial score (nSPS) is 11.0. The maximum absolute atomic E-state index is 13.1. The number of carbonyl (C=O) groups excluding carboxylic acids is 1. The molecule has 34 heavy (non-hydrogen) atoms. The van der Waals surface area contributed by atoms with Gasteiger partial charge in [0.15, 0.2) is 16.7 Å². The van der Waals surface area contributed by atoms with Crippen molar-refractivity contribution >= 4 is 46.5 Å². The highest BCUT2D eigenvalue weighted by Gasteiger charge is 2.12. The van der Waals surface area contributed by atoms with Gasteiger partial charge in [-0.3, -0.25) is 4.79 Å². The van der Waals surface area contributed by atoms with Crippen molar-refractivity contribution in [3.05, 3.63) is 74.4 Å². The molecule has 0 atom stereocenters. The minimum absolute atomic E-state index is 0.151. The topological polar surface area (TPSA) is 85.7 Å². The molecule has 0 unspecified atom stereocenters. The number of hydrogen-bond acceptors (Lipinski definition) is 7. The molecule has 1 heterocycles. The zero-order valence-corrected chi connectivity index (χ0v) is 21.9. The third-order valence-electron chi connectivity index (χ3n) is 4.33. The summed E-state index contributed by atoms with van der Waals surface area (Å²) in [6.07, 6.45) is 1.55. The van der Waals surface area contributed by atoms with Gasteiger partial charge in [-0.05, 0) is 84.8 Å². The molecule has 1 amide bonds. The quantitative estimate of drug-likeness (QED) is 0.116. The van der Waals surface area contributed by atoms with Crippen LogP contribution < -0.4 is 14.9 Å². The molecule has 3 rings (SSSR count). The Balaban J connectivity index is 1.61. The Hall–Kier alpha value is -2.73. The van der Waals surface area contributed by atoms with Crippen LogP contribution in [0.25, 0.3) is 0 Å². The van der Waals surface area contributed by atoms with Gasteiger partial charge < -0.3 is 9.47 Å². The average Bonchev–Trinajstić information content (AvgIpc) is 2.78. The molecular formula is C24H24FIN4O3S. The van der Waals surface area contributed by atoms with E-state index in [1.807, 2.05) is 32.9 Å². The van der Waals surface area contributed by atoms with Gasteiger partial charge in [-0.2, -0.15) is 5.10 Å². The fourth-order valence-electron chi connectivity index (χ4n) is 2.90. The van der Waals surface area contributed by atoms with E-state index in [1.165, 1.54) is 23.9 Å². The van der Waals surface area contributed by atoms with Crippen LogP contribution in [-0.4, -0.2) is 34.4 Å². The van der Waals surface area contributed by atoms with Crippen molar-refractivity contribution in [2.75, 3.05) is 12.4 Å². The summed E-state index contributed by atoms with van der Waals surface area (Å²) >= 11 is 3.41. The fraction of sp³-hybridized carbons (Fsp3) is 0.250. The Bertz CT molecular complexity index is 1160. The van der Waals surface area contributed by atoms with Crippen molar-refractivity contribution in [1.82, 2.24) is 15.4 Å². The van der Waals surface area contributed by atoms with Crippen molar-refractivity contribution in [2.45, 2.75) is 32.5 Å².